The molecule has 0 amide bonds. The fourth-order valence-corrected chi connectivity index (χ4v) is 1.20. The van der Waals surface area contributed by atoms with Gasteiger partial charge in [0.05, 0.1) is 12.8 Å². The zero-order valence-electron chi connectivity index (χ0n) is 7.87. The molecule has 0 saturated heterocycles. The molecular weight excluding hydrogens is 150 g/mol. The quantitative estimate of drug-likeness (QED) is 0.637. The molecule has 0 saturated carbocycles. The molecule has 0 aliphatic heterocycles. The topological polar surface area (TPSA) is 12.5 Å². The van der Waals surface area contributed by atoms with E-state index in [1.54, 1.807) is 7.11 Å². The first-order valence-electron chi connectivity index (χ1n) is 4.16. The van der Waals surface area contributed by atoms with Crippen molar-refractivity contribution in [3.63, 3.8) is 0 Å². The summed E-state index contributed by atoms with van der Waals surface area (Å²) in [6, 6.07) is 8.26. The molecule has 12 heavy (non-hydrogen) atoms. The highest BCUT2D eigenvalue weighted by atomic mass is 16.7. The third-order valence-corrected chi connectivity index (χ3v) is 1.80. The van der Waals surface area contributed by atoms with Crippen LogP contribution < -0.4 is 5.06 Å². The van der Waals surface area contributed by atoms with Crippen LogP contribution in [0.1, 0.15) is 12.5 Å². The van der Waals surface area contributed by atoms with Gasteiger partial charge < -0.3 is 0 Å². The Morgan fingerprint density at radius 1 is 1.42 bits per heavy atom. The lowest BCUT2D eigenvalue weighted by Crippen LogP contribution is -2.20. The standard InChI is InChI=1S/C10H15NO/c1-4-11(12-3)10-7-5-6-9(2)8-10/h5-8H,4H2,1-3H3. The Hall–Kier alpha value is -1.02. The number of nitrogens with zero attached hydrogens (tertiary/aromatic N) is 1. The van der Waals surface area contributed by atoms with Gasteiger partial charge in [0.15, 0.2) is 0 Å². The summed E-state index contributed by atoms with van der Waals surface area (Å²) < 4.78 is 0. The molecule has 0 aromatic heterocycles. The van der Waals surface area contributed by atoms with Crippen molar-refractivity contribution < 1.29 is 4.84 Å². The van der Waals surface area contributed by atoms with Crippen LogP contribution in [0.15, 0.2) is 24.3 Å². The monoisotopic (exact) mass is 165 g/mol. The lowest BCUT2D eigenvalue weighted by Gasteiger charge is -2.19. The van der Waals surface area contributed by atoms with Crippen LogP contribution >= 0.6 is 0 Å². The van der Waals surface area contributed by atoms with Crippen molar-refractivity contribution >= 4 is 5.69 Å². The van der Waals surface area contributed by atoms with Gasteiger partial charge in [0, 0.05) is 6.54 Å². The highest BCUT2D eigenvalue weighted by Gasteiger charge is 2.00. The van der Waals surface area contributed by atoms with Crippen molar-refractivity contribution in [2.75, 3.05) is 18.7 Å². The van der Waals surface area contributed by atoms with Crippen molar-refractivity contribution in [1.29, 1.82) is 0 Å². The van der Waals surface area contributed by atoms with E-state index in [2.05, 4.69) is 26.0 Å². The summed E-state index contributed by atoms with van der Waals surface area (Å²) in [4.78, 5) is 5.17. The predicted molar refractivity (Wildman–Crippen MR) is 51.2 cm³/mol. The van der Waals surface area contributed by atoms with Crippen LogP contribution in [-0.4, -0.2) is 13.7 Å². The van der Waals surface area contributed by atoms with Crippen molar-refractivity contribution in [2.24, 2.45) is 0 Å². The maximum Gasteiger partial charge on any atom is 0.0639 e. The number of hydrogen-bond acceptors (Lipinski definition) is 2. The molecule has 0 radical (unpaired) electrons. The highest BCUT2D eigenvalue weighted by molar-refractivity contribution is 5.45. The first kappa shape index (κ1) is 9.07. The van der Waals surface area contributed by atoms with E-state index in [1.807, 2.05) is 17.2 Å². The van der Waals surface area contributed by atoms with Crippen molar-refractivity contribution in [3.8, 4) is 0 Å². The second kappa shape index (κ2) is 4.12. The first-order valence-corrected chi connectivity index (χ1v) is 4.16. The smallest absolute Gasteiger partial charge is 0.0639 e. The Morgan fingerprint density at radius 3 is 2.67 bits per heavy atom. The van der Waals surface area contributed by atoms with Gasteiger partial charge in [-0.15, -0.1) is 0 Å². The Labute approximate surface area is 73.7 Å². The van der Waals surface area contributed by atoms with E-state index < -0.39 is 0 Å². The van der Waals surface area contributed by atoms with Gasteiger partial charge in [0.2, 0.25) is 0 Å². The van der Waals surface area contributed by atoms with Crippen molar-refractivity contribution in [2.45, 2.75) is 13.8 Å². The summed E-state index contributed by atoms with van der Waals surface area (Å²) in [6.07, 6.45) is 0. The van der Waals surface area contributed by atoms with E-state index >= 15 is 0 Å². The van der Waals surface area contributed by atoms with E-state index in [0.717, 1.165) is 12.2 Å². The molecule has 66 valence electrons. The molecule has 2 nitrogen and oxygen atoms in total. The van der Waals surface area contributed by atoms with E-state index in [1.165, 1.54) is 5.56 Å². The van der Waals surface area contributed by atoms with E-state index in [-0.39, 0.29) is 0 Å². The van der Waals surface area contributed by atoms with Crippen molar-refractivity contribution in [3.05, 3.63) is 29.8 Å². The lowest BCUT2D eigenvalue weighted by atomic mass is 10.2. The molecule has 0 N–H and O–H groups in total. The molecule has 0 atom stereocenters. The van der Waals surface area contributed by atoms with Crippen LogP contribution in [0, 0.1) is 6.92 Å². The van der Waals surface area contributed by atoms with Gasteiger partial charge in [-0.2, -0.15) is 0 Å². The Kier molecular flexibility index (Phi) is 3.11. The van der Waals surface area contributed by atoms with Gasteiger partial charge in [-0.1, -0.05) is 12.1 Å². The maximum atomic E-state index is 5.17. The molecule has 0 spiro atoms. The number of aryl methyl sites for hydroxylation is 1. The Balaban J connectivity index is 2.85. The van der Waals surface area contributed by atoms with Gasteiger partial charge in [-0.25, -0.2) is 0 Å². The van der Waals surface area contributed by atoms with Crippen LogP contribution in [0.3, 0.4) is 0 Å². The van der Waals surface area contributed by atoms with Crippen LogP contribution in [-0.2, 0) is 4.84 Å². The van der Waals surface area contributed by atoms with Gasteiger partial charge in [0.1, 0.15) is 0 Å². The second-order valence-electron chi connectivity index (χ2n) is 2.72. The molecule has 1 aromatic carbocycles. The maximum absolute atomic E-state index is 5.17. The summed E-state index contributed by atoms with van der Waals surface area (Å²) in [5.41, 5.74) is 2.36. The van der Waals surface area contributed by atoms with E-state index in [9.17, 15) is 0 Å². The van der Waals surface area contributed by atoms with E-state index in [4.69, 9.17) is 4.84 Å². The van der Waals surface area contributed by atoms with Crippen LogP contribution in [0.4, 0.5) is 5.69 Å². The normalized spacial score (nSPS) is 9.92. The molecule has 0 unspecified atom stereocenters. The minimum atomic E-state index is 0.861. The molecule has 1 aromatic rings. The summed E-state index contributed by atoms with van der Waals surface area (Å²) in [6.45, 7) is 5.00. The Bertz CT molecular complexity index is 243. The molecule has 0 heterocycles. The summed E-state index contributed by atoms with van der Waals surface area (Å²) in [7, 11) is 1.69. The number of rotatable bonds is 3. The van der Waals surface area contributed by atoms with E-state index in [0.29, 0.717) is 0 Å². The molecular formula is C10H15NO. The lowest BCUT2D eigenvalue weighted by molar-refractivity contribution is 0.171. The molecule has 1 rings (SSSR count). The third-order valence-electron chi connectivity index (χ3n) is 1.80. The SMILES string of the molecule is CCN(OC)c1cccc(C)c1. The zero-order valence-corrected chi connectivity index (χ0v) is 7.87. The van der Waals surface area contributed by atoms with Gasteiger partial charge >= 0.3 is 0 Å². The Morgan fingerprint density at radius 2 is 2.17 bits per heavy atom. The average molecular weight is 165 g/mol. The molecule has 2 heteroatoms. The van der Waals surface area contributed by atoms with Gasteiger partial charge in [0.25, 0.3) is 0 Å². The van der Waals surface area contributed by atoms with Gasteiger partial charge in [-0.05, 0) is 31.5 Å². The molecule has 0 fully saturated rings. The highest BCUT2D eigenvalue weighted by Crippen LogP contribution is 2.14. The minimum Gasteiger partial charge on any atom is -0.277 e. The minimum absolute atomic E-state index is 0.861. The summed E-state index contributed by atoms with van der Waals surface area (Å²) >= 11 is 0. The average Bonchev–Trinajstić information content (AvgIpc) is 2.07. The first-order chi connectivity index (χ1) is 5.77. The van der Waals surface area contributed by atoms with Crippen molar-refractivity contribution in [1.82, 2.24) is 0 Å². The third kappa shape index (κ3) is 1.98. The molecule has 0 bridgehead atoms. The number of hydroxylamine groups is 1. The fourth-order valence-electron chi connectivity index (χ4n) is 1.20. The number of hydrogen-bond donors (Lipinski definition) is 0. The molecule has 0 aliphatic rings. The van der Waals surface area contributed by atoms with Gasteiger partial charge in [-0.3, -0.25) is 9.90 Å². The van der Waals surface area contributed by atoms with Crippen LogP contribution in [0.25, 0.3) is 0 Å². The van der Waals surface area contributed by atoms with Crippen LogP contribution in [0.2, 0.25) is 0 Å². The zero-order chi connectivity index (χ0) is 8.97. The molecule has 0 aliphatic carbocycles. The summed E-state index contributed by atoms with van der Waals surface area (Å²) in [5.74, 6) is 0. The second-order valence-corrected chi connectivity index (χ2v) is 2.72. The predicted octanol–water partition coefficient (Wildman–Crippen LogP) is 2.38. The fraction of sp³-hybridized carbons (Fsp3) is 0.400. The largest absolute Gasteiger partial charge is 0.277 e. The van der Waals surface area contributed by atoms with Crippen LogP contribution in [0.5, 0.6) is 0 Å². The number of benzene rings is 1. The summed E-state index contributed by atoms with van der Waals surface area (Å²) in [5, 5.41) is 1.85. The number of anilines is 1.